The van der Waals surface area contributed by atoms with Crippen LogP contribution in [0, 0.1) is 17.0 Å². The van der Waals surface area contributed by atoms with Crippen LogP contribution in [0.15, 0.2) is 6.20 Å². The van der Waals surface area contributed by atoms with Crippen LogP contribution in [0.4, 0.5) is 5.82 Å². The molecule has 110 valence electrons. The van der Waals surface area contributed by atoms with Gasteiger partial charge in [0.2, 0.25) is 5.91 Å². The lowest BCUT2D eigenvalue weighted by Crippen LogP contribution is -2.46. The number of hydrogen-bond donors (Lipinski definition) is 1. The topological polar surface area (TPSA) is 111 Å². The smallest absolute Gasteiger partial charge is 0.342 e. The quantitative estimate of drug-likeness (QED) is 0.566. The fourth-order valence-electron chi connectivity index (χ4n) is 2.09. The van der Waals surface area contributed by atoms with Gasteiger partial charge in [-0.25, -0.2) is 9.55 Å². The molecule has 1 aromatic rings. The molecule has 1 aliphatic heterocycles. The zero-order valence-electron chi connectivity index (χ0n) is 11.1. The Labute approximate surface area is 114 Å². The zero-order valence-corrected chi connectivity index (χ0v) is 11.1. The van der Waals surface area contributed by atoms with Gasteiger partial charge < -0.3 is 24.9 Å². The van der Waals surface area contributed by atoms with Crippen molar-refractivity contribution in [3.8, 4) is 0 Å². The number of aryl methyl sites for hydroxylation is 1. The molecule has 0 aromatic carbocycles. The maximum absolute atomic E-state index is 11.5. The Morgan fingerprint density at radius 1 is 1.60 bits per heavy atom. The minimum atomic E-state index is -0.899. The van der Waals surface area contributed by atoms with Crippen LogP contribution in [0.2, 0.25) is 0 Å². The van der Waals surface area contributed by atoms with Crippen LogP contribution in [0.1, 0.15) is 5.82 Å². The predicted molar refractivity (Wildman–Crippen MR) is 67.0 cm³/mol. The summed E-state index contributed by atoms with van der Waals surface area (Å²) in [6, 6.07) is 0. The first-order valence-corrected chi connectivity index (χ1v) is 6.19. The van der Waals surface area contributed by atoms with E-state index in [1.165, 1.54) is 9.47 Å². The third kappa shape index (κ3) is 3.11. The molecule has 1 aromatic heterocycles. The number of carbonyl (C=O) groups is 1. The summed E-state index contributed by atoms with van der Waals surface area (Å²) >= 11 is 0. The van der Waals surface area contributed by atoms with Gasteiger partial charge in [-0.1, -0.05) is 0 Å². The molecule has 0 bridgehead atoms. The summed E-state index contributed by atoms with van der Waals surface area (Å²) in [4.78, 5) is 27.2. The molecule has 9 heteroatoms. The number of aliphatic hydroxyl groups excluding tert-OH is 1. The molecule has 1 atom stereocenters. The Morgan fingerprint density at radius 2 is 2.35 bits per heavy atom. The highest BCUT2D eigenvalue weighted by Crippen LogP contribution is 2.14. The van der Waals surface area contributed by atoms with Crippen LogP contribution in [-0.2, 0) is 16.1 Å². The zero-order chi connectivity index (χ0) is 14.7. The molecule has 1 fully saturated rings. The number of rotatable bonds is 5. The second kappa shape index (κ2) is 5.97. The van der Waals surface area contributed by atoms with Gasteiger partial charge in [-0.05, 0) is 4.92 Å². The monoisotopic (exact) mass is 284 g/mol. The number of ether oxygens (including phenoxy) is 1. The van der Waals surface area contributed by atoms with Crippen molar-refractivity contribution in [2.75, 3.05) is 26.3 Å². The van der Waals surface area contributed by atoms with Gasteiger partial charge in [0.05, 0.1) is 13.2 Å². The average Bonchev–Trinajstić information content (AvgIpc) is 2.74. The summed E-state index contributed by atoms with van der Waals surface area (Å²) in [5, 5.41) is 20.9. The first-order valence-electron chi connectivity index (χ1n) is 6.19. The second-order valence-corrected chi connectivity index (χ2v) is 4.58. The third-order valence-electron chi connectivity index (χ3n) is 3.13. The average molecular weight is 284 g/mol. The van der Waals surface area contributed by atoms with E-state index in [1.807, 2.05) is 0 Å². The third-order valence-corrected chi connectivity index (χ3v) is 3.13. The molecule has 0 spiro atoms. The summed E-state index contributed by atoms with van der Waals surface area (Å²) in [6.07, 6.45) is 0.255. The van der Waals surface area contributed by atoms with Gasteiger partial charge in [0.15, 0.2) is 5.82 Å². The van der Waals surface area contributed by atoms with E-state index in [-0.39, 0.29) is 31.4 Å². The van der Waals surface area contributed by atoms with Crippen molar-refractivity contribution in [2.24, 2.45) is 0 Å². The summed E-state index contributed by atoms with van der Waals surface area (Å²) in [6.45, 7) is 2.63. The highest BCUT2D eigenvalue weighted by molar-refractivity contribution is 5.78. The lowest BCUT2D eigenvalue weighted by atomic mass is 10.3. The van der Waals surface area contributed by atoms with Crippen molar-refractivity contribution in [3.05, 3.63) is 22.1 Å². The summed E-state index contributed by atoms with van der Waals surface area (Å²) in [7, 11) is 0. The van der Waals surface area contributed by atoms with Crippen molar-refractivity contribution in [2.45, 2.75) is 19.6 Å². The van der Waals surface area contributed by atoms with Crippen molar-refractivity contribution in [1.82, 2.24) is 14.5 Å². The molecular formula is C11H16N4O5. The normalized spacial score (nSPS) is 17.3. The maximum Gasteiger partial charge on any atom is 0.342 e. The molecule has 0 unspecified atom stereocenters. The molecule has 1 amide bonds. The van der Waals surface area contributed by atoms with Crippen LogP contribution in [0.3, 0.4) is 0 Å². The molecule has 0 radical (unpaired) electrons. The SMILES string of the molecule is Cc1ncc([N+](=O)[O-])n1C[C@H](O)CN1CCOCC1=O. The van der Waals surface area contributed by atoms with E-state index < -0.39 is 11.0 Å². The summed E-state index contributed by atoms with van der Waals surface area (Å²) in [5.41, 5.74) is 0. The van der Waals surface area contributed by atoms with Gasteiger partial charge in [-0.2, -0.15) is 0 Å². The molecule has 9 nitrogen and oxygen atoms in total. The molecule has 0 aliphatic carbocycles. The molecule has 1 aliphatic rings. The minimum Gasteiger partial charge on any atom is -0.387 e. The number of imidazole rings is 1. The fraction of sp³-hybridized carbons (Fsp3) is 0.636. The lowest BCUT2D eigenvalue weighted by molar-refractivity contribution is -0.392. The number of β-amino-alcohol motifs (C(OH)–C–C–N with tert-alkyl or cyclic N) is 1. The Morgan fingerprint density at radius 3 is 3.00 bits per heavy atom. The molecule has 2 rings (SSSR count). The Bertz CT molecular complexity index is 515. The molecule has 2 heterocycles. The van der Waals surface area contributed by atoms with E-state index >= 15 is 0 Å². The number of nitrogens with zero attached hydrogens (tertiary/aromatic N) is 4. The standard InChI is InChI=1S/C11H16N4O5/c1-8-12-4-10(15(18)19)14(8)6-9(16)5-13-2-3-20-7-11(13)17/h4,9,16H,2-3,5-7H2,1H3/t9-/m1/s1. The van der Waals surface area contributed by atoms with E-state index in [0.29, 0.717) is 19.0 Å². The van der Waals surface area contributed by atoms with Crippen LogP contribution < -0.4 is 0 Å². The van der Waals surface area contributed by atoms with Crippen LogP contribution >= 0.6 is 0 Å². The van der Waals surface area contributed by atoms with Gasteiger partial charge in [0.1, 0.15) is 25.5 Å². The molecular weight excluding hydrogens is 268 g/mol. The van der Waals surface area contributed by atoms with Crippen LogP contribution in [0.25, 0.3) is 0 Å². The number of hydrogen-bond acceptors (Lipinski definition) is 6. The van der Waals surface area contributed by atoms with E-state index in [2.05, 4.69) is 4.98 Å². The number of aliphatic hydroxyl groups is 1. The van der Waals surface area contributed by atoms with Gasteiger partial charge >= 0.3 is 5.82 Å². The fourth-order valence-corrected chi connectivity index (χ4v) is 2.09. The Hall–Kier alpha value is -2.00. The molecule has 20 heavy (non-hydrogen) atoms. The number of morpholine rings is 1. The summed E-state index contributed by atoms with van der Waals surface area (Å²) < 4.78 is 6.32. The molecule has 1 saturated heterocycles. The number of nitro groups is 1. The minimum absolute atomic E-state index is 0.0109. The van der Waals surface area contributed by atoms with Gasteiger partial charge in [-0.3, -0.25) is 4.79 Å². The Balaban J connectivity index is 2.01. The highest BCUT2D eigenvalue weighted by Gasteiger charge is 2.25. The summed E-state index contributed by atoms with van der Waals surface area (Å²) in [5.74, 6) is 0.0889. The second-order valence-electron chi connectivity index (χ2n) is 4.58. The van der Waals surface area contributed by atoms with E-state index in [9.17, 15) is 20.0 Å². The van der Waals surface area contributed by atoms with Crippen molar-refractivity contribution in [1.29, 1.82) is 0 Å². The lowest BCUT2D eigenvalue weighted by Gasteiger charge is -2.28. The van der Waals surface area contributed by atoms with E-state index in [0.717, 1.165) is 6.20 Å². The van der Waals surface area contributed by atoms with E-state index in [4.69, 9.17) is 4.74 Å². The van der Waals surface area contributed by atoms with Crippen molar-refractivity contribution >= 4 is 11.7 Å². The molecule has 0 saturated carbocycles. The van der Waals surface area contributed by atoms with Gasteiger partial charge in [0, 0.05) is 13.5 Å². The largest absolute Gasteiger partial charge is 0.387 e. The van der Waals surface area contributed by atoms with Crippen LogP contribution in [0.5, 0.6) is 0 Å². The number of aromatic nitrogens is 2. The first-order chi connectivity index (χ1) is 9.49. The van der Waals surface area contributed by atoms with Gasteiger partial charge in [-0.15, -0.1) is 0 Å². The van der Waals surface area contributed by atoms with E-state index in [1.54, 1.807) is 6.92 Å². The molecule has 1 N–H and O–H groups in total. The highest BCUT2D eigenvalue weighted by atomic mass is 16.6. The van der Waals surface area contributed by atoms with Crippen molar-refractivity contribution < 1.29 is 19.6 Å². The predicted octanol–water partition coefficient (Wildman–Crippen LogP) is -0.681. The number of carbonyl (C=O) groups excluding carboxylic acids is 1. The number of amides is 1. The Kier molecular flexibility index (Phi) is 4.30. The van der Waals surface area contributed by atoms with Crippen LogP contribution in [-0.4, -0.2) is 62.8 Å². The van der Waals surface area contributed by atoms with Crippen molar-refractivity contribution in [3.63, 3.8) is 0 Å². The first kappa shape index (κ1) is 14.4. The maximum atomic E-state index is 11.5. The van der Waals surface area contributed by atoms with Gasteiger partial charge in [0.25, 0.3) is 0 Å².